The highest BCUT2D eigenvalue weighted by molar-refractivity contribution is 5.31. The molecule has 1 aromatic rings. The maximum absolute atomic E-state index is 11.1. The van der Waals surface area contributed by atoms with Gasteiger partial charge >= 0.3 is 5.69 Å². The first kappa shape index (κ1) is 13.0. The number of hydrogen-bond donors (Lipinski definition) is 3. The quantitative estimate of drug-likeness (QED) is 0.727. The van der Waals surface area contributed by atoms with E-state index in [-0.39, 0.29) is 17.1 Å². The number of rotatable bonds is 2. The summed E-state index contributed by atoms with van der Waals surface area (Å²) in [6.07, 6.45) is 3.50. The fourth-order valence-electron chi connectivity index (χ4n) is 3.01. The van der Waals surface area contributed by atoms with Crippen LogP contribution < -0.4 is 16.3 Å². The van der Waals surface area contributed by atoms with Gasteiger partial charge in [-0.15, -0.1) is 0 Å². The Balaban J connectivity index is 2.12. The van der Waals surface area contributed by atoms with Gasteiger partial charge in [0, 0.05) is 17.1 Å². The van der Waals surface area contributed by atoms with Crippen LogP contribution in [0.2, 0.25) is 0 Å². The molecule has 1 aliphatic heterocycles. The number of aromatic nitrogens is 3. The Bertz CT molecular complexity index is 463. The van der Waals surface area contributed by atoms with Crippen LogP contribution in [0.15, 0.2) is 11.0 Å². The largest absolute Gasteiger partial charge is 0.366 e. The number of aromatic amines is 1. The number of H-pyrrole nitrogens is 1. The lowest BCUT2D eigenvalue weighted by Gasteiger charge is -2.46. The topological polar surface area (TPSA) is 82.7 Å². The van der Waals surface area contributed by atoms with Crippen LogP contribution >= 0.6 is 0 Å². The molecule has 0 bridgehead atoms. The van der Waals surface area contributed by atoms with Crippen molar-refractivity contribution in [2.75, 3.05) is 5.32 Å². The molecule has 6 heteroatoms. The molecule has 0 amide bonds. The second-order valence-corrected chi connectivity index (χ2v) is 6.31. The minimum absolute atomic E-state index is 0.0635. The van der Waals surface area contributed by atoms with E-state index in [1.165, 1.54) is 0 Å². The standard InChI is InChI=1S/C12H21N5O/c1-11(2)5-8(6-12(3,4)17-11)14-9-7-13-16-10(18)15-9/h7-8,17H,5-6H2,1-4H3,(H2,14,15,16,18). The third-order valence-corrected chi connectivity index (χ3v) is 3.11. The highest BCUT2D eigenvalue weighted by atomic mass is 16.1. The number of piperidine rings is 1. The molecule has 0 spiro atoms. The van der Waals surface area contributed by atoms with Gasteiger partial charge < -0.3 is 10.6 Å². The van der Waals surface area contributed by atoms with Gasteiger partial charge in [0.15, 0.2) is 5.82 Å². The summed E-state index contributed by atoms with van der Waals surface area (Å²) in [5, 5.41) is 12.9. The van der Waals surface area contributed by atoms with E-state index in [1.807, 2.05) is 0 Å². The third kappa shape index (κ3) is 3.29. The van der Waals surface area contributed by atoms with Crippen LogP contribution in [0, 0.1) is 0 Å². The van der Waals surface area contributed by atoms with E-state index in [4.69, 9.17) is 0 Å². The molecule has 1 aliphatic rings. The Labute approximate surface area is 107 Å². The normalized spacial score (nSPS) is 22.7. The second kappa shape index (κ2) is 4.35. The van der Waals surface area contributed by atoms with E-state index >= 15 is 0 Å². The van der Waals surface area contributed by atoms with Crippen molar-refractivity contribution in [2.45, 2.75) is 57.7 Å². The molecule has 3 N–H and O–H groups in total. The van der Waals surface area contributed by atoms with Crippen LogP contribution in [0.3, 0.4) is 0 Å². The molecule has 6 nitrogen and oxygen atoms in total. The summed E-state index contributed by atoms with van der Waals surface area (Å²) in [6.45, 7) is 8.75. The Kier molecular flexibility index (Phi) is 3.14. The van der Waals surface area contributed by atoms with Crippen LogP contribution in [0.1, 0.15) is 40.5 Å². The van der Waals surface area contributed by atoms with E-state index in [1.54, 1.807) is 6.20 Å². The molecule has 1 saturated heterocycles. The number of hydrogen-bond acceptors (Lipinski definition) is 5. The van der Waals surface area contributed by atoms with Gasteiger partial charge in [-0.2, -0.15) is 10.1 Å². The zero-order chi connectivity index (χ0) is 13.4. The van der Waals surface area contributed by atoms with E-state index < -0.39 is 5.69 Å². The first-order chi connectivity index (χ1) is 8.26. The summed E-state index contributed by atoms with van der Waals surface area (Å²) in [5.41, 5.74) is -0.297. The molecule has 18 heavy (non-hydrogen) atoms. The van der Waals surface area contributed by atoms with Crippen molar-refractivity contribution in [2.24, 2.45) is 0 Å². The third-order valence-electron chi connectivity index (χ3n) is 3.11. The molecule has 0 atom stereocenters. The van der Waals surface area contributed by atoms with Crippen LogP contribution in [-0.2, 0) is 0 Å². The number of nitrogens with one attached hydrogen (secondary N) is 3. The maximum Gasteiger partial charge on any atom is 0.363 e. The van der Waals surface area contributed by atoms with Gasteiger partial charge in [-0.05, 0) is 40.5 Å². The molecule has 0 saturated carbocycles. The fraction of sp³-hybridized carbons (Fsp3) is 0.750. The van der Waals surface area contributed by atoms with Crippen molar-refractivity contribution in [3.63, 3.8) is 0 Å². The average molecular weight is 251 g/mol. The summed E-state index contributed by atoms with van der Waals surface area (Å²) >= 11 is 0. The minimum Gasteiger partial charge on any atom is -0.366 e. The van der Waals surface area contributed by atoms with Gasteiger partial charge in [-0.3, -0.25) is 0 Å². The number of anilines is 1. The molecule has 1 aromatic heterocycles. The van der Waals surface area contributed by atoms with Gasteiger partial charge in [0.2, 0.25) is 0 Å². The Hall–Kier alpha value is -1.43. The maximum atomic E-state index is 11.1. The van der Waals surface area contributed by atoms with Crippen molar-refractivity contribution in [1.82, 2.24) is 20.5 Å². The smallest absolute Gasteiger partial charge is 0.363 e. The molecule has 2 heterocycles. The molecule has 0 unspecified atom stereocenters. The SMILES string of the molecule is CC1(C)CC(Nc2cn[nH]c(=O)n2)CC(C)(C)N1. The molecular weight excluding hydrogens is 230 g/mol. The molecule has 0 aliphatic carbocycles. The van der Waals surface area contributed by atoms with Crippen molar-refractivity contribution in [1.29, 1.82) is 0 Å². The summed E-state index contributed by atoms with van der Waals surface area (Å²) in [4.78, 5) is 15.0. The van der Waals surface area contributed by atoms with Gasteiger partial charge in [0.1, 0.15) is 0 Å². The number of nitrogens with zero attached hydrogens (tertiary/aromatic N) is 2. The predicted octanol–water partition coefficient (Wildman–Crippen LogP) is 0.886. The zero-order valence-corrected chi connectivity index (χ0v) is 11.4. The van der Waals surface area contributed by atoms with E-state index in [2.05, 4.69) is 53.5 Å². The fourth-order valence-corrected chi connectivity index (χ4v) is 3.01. The van der Waals surface area contributed by atoms with Gasteiger partial charge in [-0.1, -0.05) is 0 Å². The van der Waals surface area contributed by atoms with Crippen LogP contribution in [0.4, 0.5) is 5.82 Å². The summed E-state index contributed by atoms with van der Waals surface area (Å²) in [7, 11) is 0. The molecule has 100 valence electrons. The molecule has 0 radical (unpaired) electrons. The Morgan fingerprint density at radius 2 is 1.89 bits per heavy atom. The van der Waals surface area contributed by atoms with Gasteiger partial charge in [0.05, 0.1) is 6.20 Å². The summed E-state index contributed by atoms with van der Waals surface area (Å²) in [6, 6.07) is 0.285. The van der Waals surface area contributed by atoms with Crippen LogP contribution in [0.5, 0.6) is 0 Å². The van der Waals surface area contributed by atoms with E-state index in [0.29, 0.717) is 5.82 Å². The van der Waals surface area contributed by atoms with Crippen LogP contribution in [0.25, 0.3) is 0 Å². The van der Waals surface area contributed by atoms with Gasteiger partial charge in [-0.25, -0.2) is 9.89 Å². The highest BCUT2D eigenvalue weighted by Crippen LogP contribution is 2.29. The van der Waals surface area contributed by atoms with Crippen LogP contribution in [-0.4, -0.2) is 32.3 Å². The highest BCUT2D eigenvalue weighted by Gasteiger charge is 2.37. The lowest BCUT2D eigenvalue weighted by atomic mass is 9.79. The summed E-state index contributed by atoms with van der Waals surface area (Å²) < 4.78 is 0. The second-order valence-electron chi connectivity index (χ2n) is 6.31. The molecule has 1 fully saturated rings. The van der Waals surface area contributed by atoms with Crippen molar-refractivity contribution >= 4 is 5.82 Å². The molecular formula is C12H21N5O. The van der Waals surface area contributed by atoms with Crippen molar-refractivity contribution in [3.05, 3.63) is 16.7 Å². The van der Waals surface area contributed by atoms with E-state index in [9.17, 15) is 4.79 Å². The molecule has 2 rings (SSSR count). The first-order valence-corrected chi connectivity index (χ1v) is 6.23. The molecule has 0 aromatic carbocycles. The minimum atomic E-state index is -0.424. The summed E-state index contributed by atoms with van der Waals surface area (Å²) in [5.74, 6) is 0.539. The predicted molar refractivity (Wildman–Crippen MR) is 70.6 cm³/mol. The van der Waals surface area contributed by atoms with Crippen molar-refractivity contribution < 1.29 is 0 Å². The van der Waals surface area contributed by atoms with Gasteiger partial charge in [0.25, 0.3) is 0 Å². The Morgan fingerprint density at radius 1 is 1.28 bits per heavy atom. The Morgan fingerprint density at radius 3 is 2.44 bits per heavy atom. The monoisotopic (exact) mass is 251 g/mol. The van der Waals surface area contributed by atoms with E-state index in [0.717, 1.165) is 12.8 Å². The lowest BCUT2D eigenvalue weighted by molar-refractivity contribution is 0.170. The van der Waals surface area contributed by atoms with Crippen molar-refractivity contribution in [3.8, 4) is 0 Å². The first-order valence-electron chi connectivity index (χ1n) is 6.23. The average Bonchev–Trinajstić information content (AvgIpc) is 2.11. The lowest BCUT2D eigenvalue weighted by Crippen LogP contribution is -2.60. The zero-order valence-electron chi connectivity index (χ0n) is 11.4.